The lowest BCUT2D eigenvalue weighted by molar-refractivity contribution is -0.136. The van der Waals surface area contributed by atoms with Crippen LogP contribution in [0.2, 0.25) is 0 Å². The molecule has 0 unspecified atom stereocenters. The fourth-order valence-corrected chi connectivity index (χ4v) is 2.88. The monoisotopic (exact) mass is 316 g/mol. The van der Waals surface area contributed by atoms with Gasteiger partial charge >= 0.3 is 5.97 Å². The lowest BCUT2D eigenvalue weighted by Crippen LogP contribution is -2.14. The second-order valence-electron chi connectivity index (χ2n) is 6.72. The second kappa shape index (κ2) is 10.3. The number of hydrogen-bond acceptors (Lipinski definition) is 2. The standard InChI is InChI=1S/C21H32O2/c1-16-8-6-10-17(2)12-14-20(19(4)21(22)23-5)15-13-18(3)11-7-9-16/h8,11-12,20H,4,6-7,9-10,13-15H2,1-3,5H3/b16-8+,17-12+,18-11+/t20-/m0/s1. The number of methoxy groups -OCH3 is 1. The summed E-state index contributed by atoms with van der Waals surface area (Å²) in [7, 11) is 1.43. The van der Waals surface area contributed by atoms with E-state index in [1.807, 2.05) is 0 Å². The van der Waals surface area contributed by atoms with Crippen molar-refractivity contribution in [3.05, 3.63) is 47.1 Å². The summed E-state index contributed by atoms with van der Waals surface area (Å²) in [4.78, 5) is 11.8. The number of hydrogen-bond donors (Lipinski definition) is 0. The molecule has 0 N–H and O–H groups in total. The molecule has 0 saturated heterocycles. The molecule has 0 fully saturated rings. The van der Waals surface area contributed by atoms with Gasteiger partial charge in [-0.1, -0.05) is 41.5 Å². The molecular formula is C21H32O2. The Morgan fingerprint density at radius 3 is 2.09 bits per heavy atom. The van der Waals surface area contributed by atoms with Crippen LogP contribution in [0, 0.1) is 5.92 Å². The fourth-order valence-electron chi connectivity index (χ4n) is 2.88. The van der Waals surface area contributed by atoms with Gasteiger partial charge in [-0.05, 0) is 71.6 Å². The van der Waals surface area contributed by atoms with Crippen molar-refractivity contribution in [3.8, 4) is 0 Å². The third kappa shape index (κ3) is 7.49. The van der Waals surface area contributed by atoms with Crippen LogP contribution >= 0.6 is 0 Å². The van der Waals surface area contributed by atoms with Gasteiger partial charge in [0.15, 0.2) is 0 Å². The summed E-state index contributed by atoms with van der Waals surface area (Å²) in [6.45, 7) is 10.6. The molecule has 1 rings (SSSR count). The van der Waals surface area contributed by atoms with E-state index < -0.39 is 0 Å². The summed E-state index contributed by atoms with van der Waals surface area (Å²) >= 11 is 0. The quantitative estimate of drug-likeness (QED) is 0.359. The highest BCUT2D eigenvalue weighted by atomic mass is 16.5. The average molecular weight is 316 g/mol. The number of rotatable bonds is 2. The summed E-state index contributed by atoms with van der Waals surface area (Å²) < 4.78 is 4.86. The zero-order chi connectivity index (χ0) is 17.2. The molecule has 0 heterocycles. The predicted octanol–water partition coefficient (Wildman–Crippen LogP) is 5.92. The summed E-state index contributed by atoms with van der Waals surface area (Å²) in [5.41, 5.74) is 4.88. The van der Waals surface area contributed by atoms with Crippen molar-refractivity contribution in [2.24, 2.45) is 5.92 Å². The van der Waals surface area contributed by atoms with Gasteiger partial charge < -0.3 is 4.74 Å². The van der Waals surface area contributed by atoms with E-state index in [1.54, 1.807) is 0 Å². The van der Waals surface area contributed by atoms with Gasteiger partial charge in [0.2, 0.25) is 0 Å². The number of allylic oxidation sites excluding steroid dienone is 6. The van der Waals surface area contributed by atoms with E-state index in [0.717, 1.165) is 44.9 Å². The van der Waals surface area contributed by atoms with Gasteiger partial charge in [-0.15, -0.1) is 0 Å². The van der Waals surface area contributed by atoms with Crippen molar-refractivity contribution in [1.29, 1.82) is 0 Å². The Hall–Kier alpha value is -1.57. The maximum Gasteiger partial charge on any atom is 0.333 e. The normalized spacial score (nSPS) is 28.2. The molecular weight excluding hydrogens is 284 g/mol. The molecule has 0 amide bonds. The van der Waals surface area contributed by atoms with E-state index in [9.17, 15) is 4.79 Å². The Kier molecular flexibility index (Phi) is 8.68. The largest absolute Gasteiger partial charge is 0.466 e. The van der Waals surface area contributed by atoms with Crippen LogP contribution in [0.15, 0.2) is 47.1 Å². The summed E-state index contributed by atoms with van der Waals surface area (Å²) in [6.07, 6.45) is 14.2. The third-order valence-electron chi connectivity index (χ3n) is 4.64. The molecule has 0 aromatic rings. The molecule has 0 aliphatic heterocycles. The van der Waals surface area contributed by atoms with Crippen LogP contribution in [0.1, 0.15) is 65.7 Å². The van der Waals surface area contributed by atoms with Crippen LogP contribution < -0.4 is 0 Å². The summed E-state index contributed by atoms with van der Waals surface area (Å²) in [6, 6.07) is 0. The van der Waals surface area contributed by atoms with Crippen LogP contribution in [0.25, 0.3) is 0 Å². The number of esters is 1. The van der Waals surface area contributed by atoms with Crippen LogP contribution in [-0.2, 0) is 9.53 Å². The highest BCUT2D eigenvalue weighted by molar-refractivity contribution is 5.88. The van der Waals surface area contributed by atoms with Crippen molar-refractivity contribution >= 4 is 5.97 Å². The van der Waals surface area contributed by atoms with Crippen LogP contribution in [0.3, 0.4) is 0 Å². The molecule has 0 aromatic heterocycles. The Balaban J connectivity index is 2.88. The van der Waals surface area contributed by atoms with E-state index in [-0.39, 0.29) is 11.9 Å². The smallest absolute Gasteiger partial charge is 0.333 e. The maximum atomic E-state index is 11.8. The average Bonchev–Trinajstić information content (AvgIpc) is 2.52. The topological polar surface area (TPSA) is 26.3 Å². The molecule has 1 aliphatic rings. The van der Waals surface area contributed by atoms with Gasteiger partial charge in [-0.3, -0.25) is 0 Å². The van der Waals surface area contributed by atoms with Crippen LogP contribution in [-0.4, -0.2) is 13.1 Å². The highest BCUT2D eigenvalue weighted by Gasteiger charge is 2.18. The van der Waals surface area contributed by atoms with Crippen molar-refractivity contribution < 1.29 is 9.53 Å². The van der Waals surface area contributed by atoms with E-state index in [2.05, 4.69) is 45.6 Å². The minimum absolute atomic E-state index is 0.168. The molecule has 0 spiro atoms. The minimum Gasteiger partial charge on any atom is -0.466 e. The highest BCUT2D eigenvalue weighted by Crippen LogP contribution is 2.25. The van der Waals surface area contributed by atoms with Gasteiger partial charge in [0.1, 0.15) is 0 Å². The maximum absolute atomic E-state index is 11.8. The Labute approximate surface area is 142 Å². The lowest BCUT2D eigenvalue weighted by atomic mass is 9.89. The van der Waals surface area contributed by atoms with Crippen molar-refractivity contribution in [2.75, 3.05) is 7.11 Å². The number of carbonyl (C=O) groups excluding carboxylic acids is 1. The molecule has 2 nitrogen and oxygen atoms in total. The zero-order valence-electron chi connectivity index (χ0n) is 15.3. The number of carbonyl (C=O) groups is 1. The molecule has 2 heteroatoms. The summed E-state index contributed by atoms with van der Waals surface area (Å²) in [5, 5.41) is 0. The van der Waals surface area contributed by atoms with Crippen LogP contribution in [0.4, 0.5) is 0 Å². The SMILES string of the molecule is C=C(C(=O)OC)[C@H]1C/C=C(\C)CC/C=C(\C)CC/C=C(\C)CC1. The molecule has 128 valence electrons. The van der Waals surface area contributed by atoms with Crippen molar-refractivity contribution in [3.63, 3.8) is 0 Å². The van der Waals surface area contributed by atoms with E-state index in [4.69, 9.17) is 4.74 Å². The van der Waals surface area contributed by atoms with Gasteiger partial charge in [-0.25, -0.2) is 4.79 Å². The predicted molar refractivity (Wildman–Crippen MR) is 98.2 cm³/mol. The second-order valence-corrected chi connectivity index (χ2v) is 6.72. The number of ether oxygens (including phenoxy) is 1. The van der Waals surface area contributed by atoms with E-state index >= 15 is 0 Å². The van der Waals surface area contributed by atoms with E-state index in [1.165, 1.54) is 23.8 Å². The Morgan fingerprint density at radius 1 is 1.00 bits per heavy atom. The molecule has 1 aliphatic carbocycles. The first-order chi connectivity index (χ1) is 10.9. The molecule has 0 aromatic carbocycles. The molecule has 0 radical (unpaired) electrons. The van der Waals surface area contributed by atoms with Crippen molar-refractivity contribution in [1.82, 2.24) is 0 Å². The Morgan fingerprint density at radius 2 is 1.52 bits per heavy atom. The fraction of sp³-hybridized carbons (Fsp3) is 0.571. The molecule has 0 saturated carbocycles. The van der Waals surface area contributed by atoms with Gasteiger partial charge in [0, 0.05) is 5.57 Å². The first-order valence-corrected chi connectivity index (χ1v) is 8.68. The molecule has 23 heavy (non-hydrogen) atoms. The molecule has 1 atom stereocenters. The first-order valence-electron chi connectivity index (χ1n) is 8.68. The van der Waals surface area contributed by atoms with Gasteiger partial charge in [0.25, 0.3) is 0 Å². The zero-order valence-corrected chi connectivity index (χ0v) is 15.3. The summed E-state index contributed by atoms with van der Waals surface area (Å²) in [5.74, 6) is -0.108. The first kappa shape index (κ1) is 19.5. The van der Waals surface area contributed by atoms with Crippen LogP contribution in [0.5, 0.6) is 0 Å². The van der Waals surface area contributed by atoms with Gasteiger partial charge in [-0.2, -0.15) is 0 Å². The van der Waals surface area contributed by atoms with E-state index in [0.29, 0.717) is 5.57 Å². The minimum atomic E-state index is -0.276. The van der Waals surface area contributed by atoms with Gasteiger partial charge in [0.05, 0.1) is 7.11 Å². The van der Waals surface area contributed by atoms with Crippen molar-refractivity contribution in [2.45, 2.75) is 65.7 Å². The Bertz CT molecular complexity index is 506. The third-order valence-corrected chi connectivity index (χ3v) is 4.64. The molecule has 0 bridgehead atoms. The lowest BCUT2D eigenvalue weighted by Gasteiger charge is -2.17.